The van der Waals surface area contributed by atoms with Crippen molar-refractivity contribution in [3.63, 3.8) is 0 Å². The van der Waals surface area contributed by atoms with Crippen molar-refractivity contribution in [2.75, 3.05) is 0 Å². The average molecular weight is 138 g/mol. The number of hydrogen-bond acceptors (Lipinski definition) is 2. The largest absolute Gasteiger partial charge is 0.241 e. The molecule has 0 unspecified atom stereocenters. The van der Waals surface area contributed by atoms with Crippen molar-refractivity contribution in [3.8, 4) is 0 Å². The number of rotatable bonds is 1. The van der Waals surface area contributed by atoms with E-state index in [0.717, 1.165) is 5.54 Å². The van der Waals surface area contributed by atoms with Crippen LogP contribution >= 0.6 is 23.2 Å². The molecule has 0 rings (SSSR count). The average Bonchev–Trinajstić information content (AvgIpc) is 1.68. The van der Waals surface area contributed by atoms with Gasteiger partial charge in [0.1, 0.15) is 0 Å². The highest BCUT2D eigenvalue weighted by Crippen LogP contribution is 2.01. The number of aliphatic imine (C=N–C) groups is 1. The molecule has 0 heterocycles. The van der Waals surface area contributed by atoms with E-state index in [-0.39, 0.29) is 5.16 Å². The first-order valence-electron chi connectivity index (χ1n) is 1.35. The number of halogens is 2. The van der Waals surface area contributed by atoms with Crippen LogP contribution in [0.25, 0.3) is 0 Å². The highest BCUT2D eigenvalue weighted by molar-refractivity contribution is 6.36. The third-order valence-corrected chi connectivity index (χ3v) is 0.755. The quantitative estimate of drug-likeness (QED) is 0.307. The zero-order valence-corrected chi connectivity index (χ0v) is 4.70. The predicted molar refractivity (Wildman–Crippen MR) is 27.9 cm³/mol. The molecule has 38 valence electrons. The summed E-state index contributed by atoms with van der Waals surface area (Å²) in [6, 6.07) is 0. The fourth-order valence-corrected chi connectivity index (χ4v) is 0.151. The Bertz CT molecular complexity index is 125. The lowest BCUT2D eigenvalue weighted by Gasteiger charge is -1.70. The Morgan fingerprint density at radius 1 is 1.86 bits per heavy atom. The fourth-order valence-electron chi connectivity index (χ4n) is 0.0680. The van der Waals surface area contributed by atoms with Gasteiger partial charge in [-0.15, -0.1) is 0 Å². The van der Waals surface area contributed by atoms with Crippen molar-refractivity contribution in [1.82, 2.24) is 0 Å². The second kappa shape index (κ2) is 3.88. The van der Waals surface area contributed by atoms with Gasteiger partial charge in [-0.1, -0.05) is 23.2 Å². The maximum Gasteiger partial charge on any atom is 0.241 e. The van der Waals surface area contributed by atoms with Gasteiger partial charge in [0, 0.05) is 5.54 Å². The minimum Gasteiger partial charge on any atom is -0.211 e. The zero-order chi connectivity index (χ0) is 5.70. The van der Waals surface area contributed by atoms with E-state index in [9.17, 15) is 4.79 Å². The van der Waals surface area contributed by atoms with E-state index in [0.29, 0.717) is 0 Å². The number of isocyanates is 1. The van der Waals surface area contributed by atoms with E-state index in [1.807, 2.05) is 0 Å². The van der Waals surface area contributed by atoms with Gasteiger partial charge in [-0.25, -0.2) is 4.79 Å². The second-order valence-corrected chi connectivity index (χ2v) is 1.24. The first-order valence-corrected chi connectivity index (χ1v) is 2.16. The highest BCUT2D eigenvalue weighted by Gasteiger charge is 1.77. The van der Waals surface area contributed by atoms with Crippen molar-refractivity contribution < 1.29 is 4.79 Å². The Hall–Kier alpha value is -0.300. The summed E-state index contributed by atoms with van der Waals surface area (Å²) >= 11 is 10.0. The maximum atomic E-state index is 9.30. The molecule has 0 radical (unpaired) electrons. The number of hydrogen-bond donors (Lipinski definition) is 0. The fraction of sp³-hybridized carbons (Fsp3) is 0. The van der Waals surface area contributed by atoms with Crippen LogP contribution in [-0.2, 0) is 4.79 Å². The molecule has 0 N–H and O–H groups in total. The van der Waals surface area contributed by atoms with E-state index in [1.165, 1.54) is 6.08 Å². The van der Waals surface area contributed by atoms with Gasteiger partial charge >= 0.3 is 0 Å². The molecule has 0 bridgehead atoms. The summed E-state index contributed by atoms with van der Waals surface area (Å²) in [5, 5.41) is -0.0586. The summed E-state index contributed by atoms with van der Waals surface area (Å²) in [7, 11) is 0. The minimum absolute atomic E-state index is 0.0586. The molecule has 0 atom stereocenters. The van der Waals surface area contributed by atoms with Crippen LogP contribution in [-0.4, -0.2) is 6.08 Å². The number of nitrogens with zero attached hydrogens (tertiary/aromatic N) is 1. The van der Waals surface area contributed by atoms with Crippen LogP contribution < -0.4 is 0 Å². The topological polar surface area (TPSA) is 29.4 Å². The van der Waals surface area contributed by atoms with E-state index in [2.05, 4.69) is 4.99 Å². The van der Waals surface area contributed by atoms with Gasteiger partial charge in [-0.2, -0.15) is 4.99 Å². The normalized spacial score (nSPS) is 10.3. The Kier molecular flexibility index (Phi) is 3.71. The monoisotopic (exact) mass is 137 g/mol. The highest BCUT2D eigenvalue weighted by atomic mass is 35.5. The lowest BCUT2D eigenvalue weighted by Crippen LogP contribution is -1.54. The van der Waals surface area contributed by atoms with Crippen LogP contribution in [0, 0.1) is 0 Å². The summed E-state index contributed by atoms with van der Waals surface area (Å²) in [4.78, 5) is 12.2. The van der Waals surface area contributed by atoms with Gasteiger partial charge in [-0.3, -0.25) is 0 Å². The second-order valence-electron chi connectivity index (χ2n) is 0.635. The first-order chi connectivity index (χ1) is 3.31. The van der Waals surface area contributed by atoms with Crippen molar-refractivity contribution >= 4 is 29.3 Å². The van der Waals surface area contributed by atoms with Gasteiger partial charge in [0.25, 0.3) is 0 Å². The molecule has 0 aromatic heterocycles. The smallest absolute Gasteiger partial charge is 0.211 e. The Balaban J connectivity index is 3.82. The van der Waals surface area contributed by atoms with Gasteiger partial charge in [-0.05, 0) is 0 Å². The van der Waals surface area contributed by atoms with E-state index in [1.54, 1.807) is 0 Å². The van der Waals surface area contributed by atoms with Crippen LogP contribution in [0.1, 0.15) is 0 Å². The third-order valence-electron chi connectivity index (χ3n) is 0.242. The summed E-state index contributed by atoms with van der Waals surface area (Å²) in [6.45, 7) is 0. The summed E-state index contributed by atoms with van der Waals surface area (Å²) in [5.41, 5.74) is 0.979. The lowest BCUT2D eigenvalue weighted by atomic mass is 11.0. The van der Waals surface area contributed by atoms with Crippen LogP contribution in [0.15, 0.2) is 15.7 Å². The predicted octanol–water partition coefficient (Wildman–Crippen LogP) is 1.60. The van der Waals surface area contributed by atoms with Crippen molar-refractivity contribution in [2.24, 2.45) is 4.99 Å². The van der Waals surface area contributed by atoms with Crippen molar-refractivity contribution in [1.29, 1.82) is 0 Å². The molecule has 0 aromatic rings. The molecule has 0 aromatic carbocycles. The molecule has 7 heavy (non-hydrogen) atoms. The molecule has 4 heteroatoms. The Morgan fingerprint density at radius 2 is 2.43 bits per heavy atom. The standard InChI is InChI=1S/C3HCl2NO/c4-1-3(5)6-2-7/h1H. The van der Waals surface area contributed by atoms with Crippen LogP contribution in [0.2, 0.25) is 0 Å². The molecule has 0 saturated heterocycles. The van der Waals surface area contributed by atoms with E-state index in [4.69, 9.17) is 23.2 Å². The summed E-state index contributed by atoms with van der Waals surface area (Å²) in [5.74, 6) is 0. The van der Waals surface area contributed by atoms with Crippen LogP contribution in [0.5, 0.6) is 0 Å². The molecular formula is C3HCl2NO. The van der Waals surface area contributed by atoms with E-state index >= 15 is 0 Å². The molecule has 0 saturated carbocycles. The molecule has 0 fully saturated rings. The SMILES string of the molecule is O=C=NC(Cl)=CCl. The van der Waals surface area contributed by atoms with E-state index < -0.39 is 0 Å². The molecule has 0 aliphatic heterocycles. The van der Waals surface area contributed by atoms with Gasteiger partial charge in [0.2, 0.25) is 6.08 Å². The molecular weight excluding hydrogens is 137 g/mol. The molecule has 0 aliphatic carbocycles. The maximum absolute atomic E-state index is 9.30. The first kappa shape index (κ1) is 6.70. The van der Waals surface area contributed by atoms with Crippen molar-refractivity contribution in [3.05, 3.63) is 10.7 Å². The van der Waals surface area contributed by atoms with Gasteiger partial charge < -0.3 is 0 Å². The molecule has 0 spiro atoms. The zero-order valence-electron chi connectivity index (χ0n) is 3.19. The van der Waals surface area contributed by atoms with Gasteiger partial charge in [0.05, 0.1) is 0 Å². The third kappa shape index (κ3) is 3.53. The summed E-state index contributed by atoms with van der Waals surface area (Å²) in [6.07, 6.45) is 1.21. The lowest BCUT2D eigenvalue weighted by molar-refractivity contribution is 0.565. The minimum atomic E-state index is -0.0586. The Labute approximate surface area is 50.4 Å². The molecule has 0 aliphatic rings. The molecule has 2 nitrogen and oxygen atoms in total. The van der Waals surface area contributed by atoms with Gasteiger partial charge in [0.15, 0.2) is 5.16 Å². The van der Waals surface area contributed by atoms with Crippen LogP contribution in [0.4, 0.5) is 0 Å². The molecule has 0 amide bonds. The van der Waals surface area contributed by atoms with Crippen molar-refractivity contribution in [2.45, 2.75) is 0 Å². The Morgan fingerprint density at radius 3 is 2.57 bits per heavy atom. The summed E-state index contributed by atoms with van der Waals surface area (Å²) < 4.78 is 0. The van der Waals surface area contributed by atoms with Crippen LogP contribution in [0.3, 0.4) is 0 Å². The number of carbonyl (C=O) groups excluding carboxylic acids is 1.